The zero-order chi connectivity index (χ0) is 12.5. The van der Waals surface area contributed by atoms with Crippen LogP contribution >= 0.6 is 0 Å². The quantitative estimate of drug-likeness (QED) is 0.670. The lowest BCUT2D eigenvalue weighted by atomic mass is 10.2. The zero-order valence-electron chi connectivity index (χ0n) is 11.3. The number of nitrogens with one attached hydrogen (secondary N) is 1. The van der Waals surface area contributed by atoms with Crippen LogP contribution in [0.4, 0.5) is 0 Å². The maximum Gasteiger partial charge on any atom is 0.0662 e. The highest BCUT2D eigenvalue weighted by molar-refractivity contribution is 4.99. The summed E-state index contributed by atoms with van der Waals surface area (Å²) in [5.41, 5.74) is 1.23. The molecule has 0 bridgehead atoms. The molecule has 1 aromatic heterocycles. The second kappa shape index (κ2) is 8.25. The van der Waals surface area contributed by atoms with Crippen molar-refractivity contribution in [2.75, 3.05) is 19.8 Å². The molecule has 0 aromatic carbocycles. The van der Waals surface area contributed by atoms with Gasteiger partial charge in [-0.1, -0.05) is 20.8 Å². The van der Waals surface area contributed by atoms with E-state index in [1.807, 2.05) is 10.9 Å². The fraction of sp³-hybridized carbons (Fsp3) is 0.769. The molecule has 0 saturated heterocycles. The fourth-order valence-corrected chi connectivity index (χ4v) is 1.57. The molecule has 0 aliphatic carbocycles. The predicted octanol–water partition coefficient (Wildman–Crippen LogP) is 2.06. The SMILES string of the molecule is CCCNCc1ccnn1CCOCC(C)C. The number of rotatable bonds is 9. The molecular weight excluding hydrogens is 214 g/mol. The first-order valence-corrected chi connectivity index (χ1v) is 6.53. The first-order chi connectivity index (χ1) is 8.24. The molecule has 0 unspecified atom stereocenters. The van der Waals surface area contributed by atoms with Gasteiger partial charge in [-0.3, -0.25) is 4.68 Å². The van der Waals surface area contributed by atoms with Gasteiger partial charge in [0.2, 0.25) is 0 Å². The number of hydrogen-bond acceptors (Lipinski definition) is 3. The van der Waals surface area contributed by atoms with Gasteiger partial charge in [0.1, 0.15) is 0 Å². The van der Waals surface area contributed by atoms with E-state index in [9.17, 15) is 0 Å². The Kier molecular flexibility index (Phi) is 6.89. The molecule has 0 fully saturated rings. The molecule has 0 amide bonds. The minimum atomic E-state index is 0.596. The van der Waals surface area contributed by atoms with E-state index in [0.29, 0.717) is 5.92 Å². The van der Waals surface area contributed by atoms with Gasteiger partial charge in [0.25, 0.3) is 0 Å². The Labute approximate surface area is 104 Å². The summed E-state index contributed by atoms with van der Waals surface area (Å²) in [5.74, 6) is 0.596. The van der Waals surface area contributed by atoms with E-state index in [1.54, 1.807) is 0 Å². The molecule has 98 valence electrons. The van der Waals surface area contributed by atoms with Crippen LogP contribution in [-0.4, -0.2) is 29.5 Å². The maximum atomic E-state index is 5.57. The van der Waals surface area contributed by atoms with Gasteiger partial charge < -0.3 is 10.1 Å². The van der Waals surface area contributed by atoms with Gasteiger partial charge >= 0.3 is 0 Å². The molecule has 0 aliphatic heterocycles. The lowest BCUT2D eigenvalue weighted by Crippen LogP contribution is -2.19. The van der Waals surface area contributed by atoms with Crippen LogP contribution in [0.25, 0.3) is 0 Å². The van der Waals surface area contributed by atoms with Crippen LogP contribution in [0.15, 0.2) is 12.3 Å². The average molecular weight is 239 g/mol. The van der Waals surface area contributed by atoms with Crippen molar-refractivity contribution in [3.63, 3.8) is 0 Å². The van der Waals surface area contributed by atoms with Crippen LogP contribution in [0.5, 0.6) is 0 Å². The molecule has 4 nitrogen and oxygen atoms in total. The Morgan fingerprint density at radius 2 is 2.29 bits per heavy atom. The Hall–Kier alpha value is -0.870. The van der Waals surface area contributed by atoms with Gasteiger partial charge in [-0.05, 0) is 24.9 Å². The summed E-state index contributed by atoms with van der Waals surface area (Å²) >= 11 is 0. The highest BCUT2D eigenvalue weighted by Crippen LogP contribution is 1.99. The van der Waals surface area contributed by atoms with Gasteiger partial charge in [-0.25, -0.2) is 0 Å². The Bertz CT molecular complexity index is 297. The first-order valence-electron chi connectivity index (χ1n) is 6.53. The molecule has 1 aromatic rings. The predicted molar refractivity (Wildman–Crippen MR) is 69.9 cm³/mol. The van der Waals surface area contributed by atoms with Crippen LogP contribution in [-0.2, 0) is 17.8 Å². The molecular formula is C13H25N3O. The molecule has 0 radical (unpaired) electrons. The van der Waals surface area contributed by atoms with E-state index in [1.165, 1.54) is 5.69 Å². The third-order valence-electron chi connectivity index (χ3n) is 2.44. The summed E-state index contributed by atoms with van der Waals surface area (Å²) in [7, 11) is 0. The standard InChI is InChI=1S/C13H25N3O/c1-4-6-14-10-13-5-7-15-16(13)8-9-17-11-12(2)3/h5,7,12,14H,4,6,8-11H2,1-3H3. The average Bonchev–Trinajstić information content (AvgIpc) is 2.72. The van der Waals surface area contributed by atoms with Crippen LogP contribution in [0.3, 0.4) is 0 Å². The lowest BCUT2D eigenvalue weighted by molar-refractivity contribution is 0.100. The molecule has 1 heterocycles. The second-order valence-electron chi connectivity index (χ2n) is 4.69. The minimum Gasteiger partial charge on any atom is -0.379 e. The fourth-order valence-electron chi connectivity index (χ4n) is 1.57. The molecule has 4 heteroatoms. The highest BCUT2D eigenvalue weighted by Gasteiger charge is 2.02. The van der Waals surface area contributed by atoms with Crippen molar-refractivity contribution in [2.24, 2.45) is 5.92 Å². The Morgan fingerprint density at radius 1 is 1.47 bits per heavy atom. The molecule has 0 saturated carbocycles. The second-order valence-corrected chi connectivity index (χ2v) is 4.69. The van der Waals surface area contributed by atoms with E-state index in [0.717, 1.165) is 39.3 Å². The Balaban J connectivity index is 2.25. The third kappa shape index (κ3) is 5.84. The summed E-state index contributed by atoms with van der Waals surface area (Å²) < 4.78 is 7.58. The van der Waals surface area contributed by atoms with E-state index in [4.69, 9.17) is 4.74 Å². The molecule has 0 spiro atoms. The largest absolute Gasteiger partial charge is 0.379 e. The number of nitrogens with zero attached hydrogens (tertiary/aromatic N) is 2. The molecule has 1 rings (SSSR count). The maximum absolute atomic E-state index is 5.57. The summed E-state index contributed by atoms with van der Waals surface area (Å²) in [6, 6.07) is 2.06. The molecule has 1 N–H and O–H groups in total. The minimum absolute atomic E-state index is 0.596. The van der Waals surface area contributed by atoms with Crippen LogP contribution in [0.2, 0.25) is 0 Å². The van der Waals surface area contributed by atoms with E-state index in [-0.39, 0.29) is 0 Å². The van der Waals surface area contributed by atoms with Crippen LogP contribution in [0.1, 0.15) is 32.9 Å². The highest BCUT2D eigenvalue weighted by atomic mass is 16.5. The third-order valence-corrected chi connectivity index (χ3v) is 2.44. The lowest BCUT2D eigenvalue weighted by Gasteiger charge is -2.10. The molecule has 0 aliphatic rings. The smallest absolute Gasteiger partial charge is 0.0662 e. The summed E-state index contributed by atoms with van der Waals surface area (Å²) in [4.78, 5) is 0. The van der Waals surface area contributed by atoms with Crippen LogP contribution < -0.4 is 5.32 Å². The van der Waals surface area contributed by atoms with Crippen molar-refractivity contribution in [3.8, 4) is 0 Å². The van der Waals surface area contributed by atoms with E-state index >= 15 is 0 Å². The molecule has 17 heavy (non-hydrogen) atoms. The summed E-state index contributed by atoms with van der Waals surface area (Å²) in [6.45, 7) is 10.8. The van der Waals surface area contributed by atoms with Crippen molar-refractivity contribution in [1.29, 1.82) is 0 Å². The van der Waals surface area contributed by atoms with Gasteiger partial charge in [-0.15, -0.1) is 0 Å². The van der Waals surface area contributed by atoms with Gasteiger partial charge in [0, 0.05) is 19.3 Å². The van der Waals surface area contributed by atoms with Gasteiger partial charge in [0.15, 0.2) is 0 Å². The van der Waals surface area contributed by atoms with Gasteiger partial charge in [0.05, 0.1) is 18.8 Å². The summed E-state index contributed by atoms with van der Waals surface area (Å²) in [6.07, 6.45) is 3.01. The van der Waals surface area contributed by atoms with E-state index in [2.05, 4.69) is 37.3 Å². The van der Waals surface area contributed by atoms with Crippen molar-refractivity contribution < 1.29 is 4.74 Å². The van der Waals surface area contributed by atoms with Crippen molar-refractivity contribution >= 4 is 0 Å². The zero-order valence-corrected chi connectivity index (χ0v) is 11.3. The normalized spacial score (nSPS) is 11.3. The Morgan fingerprint density at radius 3 is 3.00 bits per heavy atom. The first kappa shape index (κ1) is 14.2. The topological polar surface area (TPSA) is 39.1 Å². The monoisotopic (exact) mass is 239 g/mol. The number of aromatic nitrogens is 2. The number of ether oxygens (including phenoxy) is 1. The molecule has 0 atom stereocenters. The number of hydrogen-bond donors (Lipinski definition) is 1. The van der Waals surface area contributed by atoms with Crippen molar-refractivity contribution in [3.05, 3.63) is 18.0 Å². The van der Waals surface area contributed by atoms with Gasteiger partial charge in [-0.2, -0.15) is 5.10 Å². The van der Waals surface area contributed by atoms with Crippen molar-refractivity contribution in [2.45, 2.75) is 40.3 Å². The van der Waals surface area contributed by atoms with Crippen LogP contribution in [0, 0.1) is 5.92 Å². The van der Waals surface area contributed by atoms with Crippen molar-refractivity contribution in [1.82, 2.24) is 15.1 Å². The summed E-state index contributed by atoms with van der Waals surface area (Å²) in [5, 5.41) is 7.69. The van der Waals surface area contributed by atoms with E-state index < -0.39 is 0 Å².